The first-order chi connectivity index (χ1) is 9.11. The fourth-order valence-electron chi connectivity index (χ4n) is 1.63. The number of nitro groups is 1. The summed E-state index contributed by atoms with van der Waals surface area (Å²) in [7, 11) is 0. The van der Waals surface area contributed by atoms with Gasteiger partial charge < -0.3 is 10.1 Å². The second kappa shape index (κ2) is 8.61. The van der Waals surface area contributed by atoms with Crippen LogP contribution in [0.3, 0.4) is 0 Å². The summed E-state index contributed by atoms with van der Waals surface area (Å²) in [6.07, 6.45) is 1.06. The first kappa shape index (κ1) is 15.6. The Balaban J connectivity index is 2.21. The van der Waals surface area contributed by atoms with Crippen LogP contribution < -0.4 is 5.32 Å². The summed E-state index contributed by atoms with van der Waals surface area (Å²) in [5.74, 6) is 0.653. The zero-order valence-corrected chi connectivity index (χ0v) is 11.6. The van der Waals surface area contributed by atoms with Gasteiger partial charge in [0, 0.05) is 31.3 Å². The molecular weight excluding hydrogens is 244 g/mol. The van der Waals surface area contributed by atoms with Crippen LogP contribution in [0.1, 0.15) is 25.8 Å². The van der Waals surface area contributed by atoms with Crippen LogP contribution in [0.25, 0.3) is 0 Å². The molecule has 0 saturated heterocycles. The van der Waals surface area contributed by atoms with Gasteiger partial charge in [0.25, 0.3) is 5.69 Å². The summed E-state index contributed by atoms with van der Waals surface area (Å²) in [5, 5.41) is 14.0. The number of hydrogen-bond donors (Lipinski definition) is 1. The van der Waals surface area contributed by atoms with Crippen molar-refractivity contribution in [3.8, 4) is 0 Å². The van der Waals surface area contributed by atoms with Gasteiger partial charge in [0.05, 0.1) is 11.5 Å². The molecule has 0 aliphatic heterocycles. The molecule has 0 amide bonds. The minimum absolute atomic E-state index is 0.163. The minimum atomic E-state index is -0.351. The lowest BCUT2D eigenvalue weighted by molar-refractivity contribution is -0.385. The van der Waals surface area contributed by atoms with Gasteiger partial charge in [-0.25, -0.2) is 0 Å². The van der Waals surface area contributed by atoms with Gasteiger partial charge in [-0.1, -0.05) is 32.0 Å². The van der Waals surface area contributed by atoms with E-state index in [0.717, 1.165) is 13.0 Å². The number of nitrogens with zero attached hydrogens (tertiary/aromatic N) is 1. The van der Waals surface area contributed by atoms with E-state index in [4.69, 9.17) is 4.74 Å². The third kappa shape index (κ3) is 6.31. The van der Waals surface area contributed by atoms with Crippen molar-refractivity contribution < 1.29 is 9.66 Å². The predicted molar refractivity (Wildman–Crippen MR) is 75.1 cm³/mol. The number of para-hydroxylation sites is 1. The van der Waals surface area contributed by atoms with E-state index in [0.29, 0.717) is 31.2 Å². The third-order valence-electron chi connectivity index (χ3n) is 2.77. The van der Waals surface area contributed by atoms with Crippen LogP contribution >= 0.6 is 0 Å². The van der Waals surface area contributed by atoms with Crippen LogP contribution in [-0.4, -0.2) is 24.7 Å². The Labute approximate surface area is 114 Å². The van der Waals surface area contributed by atoms with E-state index in [1.807, 2.05) is 6.07 Å². The molecular formula is C14H22N2O3. The van der Waals surface area contributed by atoms with Crippen molar-refractivity contribution in [1.82, 2.24) is 5.32 Å². The van der Waals surface area contributed by atoms with Gasteiger partial charge in [-0.3, -0.25) is 10.1 Å². The molecule has 19 heavy (non-hydrogen) atoms. The van der Waals surface area contributed by atoms with Crippen LogP contribution in [-0.2, 0) is 11.3 Å². The van der Waals surface area contributed by atoms with Gasteiger partial charge in [0.2, 0.25) is 0 Å². The van der Waals surface area contributed by atoms with Crippen molar-refractivity contribution in [2.45, 2.75) is 26.8 Å². The maximum absolute atomic E-state index is 10.8. The molecule has 1 N–H and O–H groups in total. The average Bonchev–Trinajstić information content (AvgIpc) is 2.37. The summed E-state index contributed by atoms with van der Waals surface area (Å²) in [6, 6.07) is 6.78. The first-order valence-electron chi connectivity index (χ1n) is 6.62. The molecule has 0 saturated carbocycles. The van der Waals surface area contributed by atoms with Crippen molar-refractivity contribution in [3.63, 3.8) is 0 Å². The SMILES string of the molecule is CC(C)CCOCCNCc1ccccc1[N+](=O)[O-]. The number of benzene rings is 1. The molecule has 0 aliphatic carbocycles. The number of hydrogen-bond acceptors (Lipinski definition) is 4. The van der Waals surface area contributed by atoms with Gasteiger partial charge >= 0.3 is 0 Å². The normalized spacial score (nSPS) is 10.9. The zero-order valence-electron chi connectivity index (χ0n) is 11.6. The highest BCUT2D eigenvalue weighted by Crippen LogP contribution is 2.16. The Bertz CT molecular complexity index is 394. The number of rotatable bonds is 9. The Morgan fingerprint density at radius 1 is 1.32 bits per heavy atom. The quantitative estimate of drug-likeness (QED) is 0.424. The lowest BCUT2D eigenvalue weighted by Gasteiger charge is -2.08. The fourth-order valence-corrected chi connectivity index (χ4v) is 1.63. The highest BCUT2D eigenvalue weighted by molar-refractivity contribution is 5.39. The highest BCUT2D eigenvalue weighted by Gasteiger charge is 2.10. The molecule has 106 valence electrons. The zero-order chi connectivity index (χ0) is 14.1. The fraction of sp³-hybridized carbons (Fsp3) is 0.571. The topological polar surface area (TPSA) is 64.4 Å². The van der Waals surface area contributed by atoms with Gasteiger partial charge in [-0.05, 0) is 12.3 Å². The summed E-state index contributed by atoms with van der Waals surface area (Å²) in [4.78, 5) is 10.5. The van der Waals surface area contributed by atoms with Crippen LogP contribution in [0.5, 0.6) is 0 Å². The second-order valence-corrected chi connectivity index (χ2v) is 4.86. The number of ether oxygens (including phenoxy) is 1. The second-order valence-electron chi connectivity index (χ2n) is 4.86. The molecule has 0 aromatic heterocycles. The molecule has 5 heteroatoms. The summed E-state index contributed by atoms with van der Waals surface area (Å²) >= 11 is 0. The number of nitrogens with one attached hydrogen (secondary N) is 1. The molecule has 1 aromatic rings. The molecule has 0 atom stereocenters. The molecule has 0 fully saturated rings. The van der Waals surface area contributed by atoms with E-state index in [1.165, 1.54) is 6.07 Å². The summed E-state index contributed by atoms with van der Waals surface area (Å²) in [5.41, 5.74) is 0.866. The molecule has 0 aliphatic rings. The highest BCUT2D eigenvalue weighted by atomic mass is 16.6. The van der Waals surface area contributed by atoms with Crippen LogP contribution in [0.2, 0.25) is 0 Å². The Kier molecular flexibility index (Phi) is 7.07. The van der Waals surface area contributed by atoms with Crippen LogP contribution in [0, 0.1) is 16.0 Å². The lowest BCUT2D eigenvalue weighted by atomic mass is 10.1. The van der Waals surface area contributed by atoms with Crippen LogP contribution in [0.15, 0.2) is 24.3 Å². The van der Waals surface area contributed by atoms with Crippen molar-refractivity contribution in [3.05, 3.63) is 39.9 Å². The molecule has 0 bridgehead atoms. The van der Waals surface area contributed by atoms with Crippen molar-refractivity contribution >= 4 is 5.69 Å². The Morgan fingerprint density at radius 3 is 2.74 bits per heavy atom. The maximum atomic E-state index is 10.8. The van der Waals surface area contributed by atoms with E-state index >= 15 is 0 Å². The molecule has 1 aromatic carbocycles. The molecule has 0 spiro atoms. The van der Waals surface area contributed by atoms with E-state index in [2.05, 4.69) is 19.2 Å². The van der Waals surface area contributed by atoms with Gasteiger partial charge in [0.1, 0.15) is 0 Å². The standard InChI is InChI=1S/C14H22N2O3/c1-12(2)7-9-19-10-8-15-11-13-5-3-4-6-14(13)16(17)18/h3-6,12,15H,7-11H2,1-2H3. The van der Waals surface area contributed by atoms with E-state index in [9.17, 15) is 10.1 Å². The molecule has 5 nitrogen and oxygen atoms in total. The van der Waals surface area contributed by atoms with Crippen molar-refractivity contribution in [2.75, 3.05) is 19.8 Å². The third-order valence-corrected chi connectivity index (χ3v) is 2.77. The molecule has 0 radical (unpaired) electrons. The van der Waals surface area contributed by atoms with Crippen molar-refractivity contribution in [1.29, 1.82) is 0 Å². The first-order valence-corrected chi connectivity index (χ1v) is 6.62. The molecule has 0 unspecified atom stereocenters. The number of nitro benzene ring substituents is 1. The average molecular weight is 266 g/mol. The summed E-state index contributed by atoms with van der Waals surface area (Å²) in [6.45, 7) is 6.92. The van der Waals surface area contributed by atoms with Gasteiger partial charge in [-0.2, -0.15) is 0 Å². The minimum Gasteiger partial charge on any atom is -0.380 e. The van der Waals surface area contributed by atoms with Crippen LogP contribution in [0.4, 0.5) is 5.69 Å². The molecule has 0 heterocycles. The lowest BCUT2D eigenvalue weighted by Crippen LogP contribution is -2.20. The Morgan fingerprint density at radius 2 is 2.05 bits per heavy atom. The van der Waals surface area contributed by atoms with E-state index in [-0.39, 0.29) is 10.6 Å². The van der Waals surface area contributed by atoms with E-state index < -0.39 is 0 Å². The Hall–Kier alpha value is -1.46. The predicted octanol–water partition coefficient (Wildman–Crippen LogP) is 2.75. The van der Waals surface area contributed by atoms with Gasteiger partial charge in [-0.15, -0.1) is 0 Å². The maximum Gasteiger partial charge on any atom is 0.273 e. The van der Waals surface area contributed by atoms with Gasteiger partial charge in [0.15, 0.2) is 0 Å². The van der Waals surface area contributed by atoms with E-state index in [1.54, 1.807) is 12.1 Å². The largest absolute Gasteiger partial charge is 0.380 e. The monoisotopic (exact) mass is 266 g/mol. The summed E-state index contributed by atoms with van der Waals surface area (Å²) < 4.78 is 5.46. The van der Waals surface area contributed by atoms with Crippen molar-refractivity contribution in [2.24, 2.45) is 5.92 Å². The molecule has 1 rings (SSSR count). The smallest absolute Gasteiger partial charge is 0.273 e.